The van der Waals surface area contributed by atoms with Crippen LogP contribution in [0.2, 0.25) is 0 Å². The van der Waals surface area contributed by atoms with Crippen LogP contribution in [0, 0.1) is 40.9 Å². The molecule has 0 saturated heterocycles. The molecule has 2 saturated carbocycles. The molecule has 35 heavy (non-hydrogen) atoms. The van der Waals surface area contributed by atoms with E-state index in [9.17, 15) is 9.59 Å². The van der Waals surface area contributed by atoms with Gasteiger partial charge in [-0.3, -0.25) is 9.59 Å². The van der Waals surface area contributed by atoms with E-state index in [0.717, 1.165) is 25.7 Å². The first-order valence-electron chi connectivity index (χ1n) is 12.9. The minimum absolute atomic E-state index is 0.0762. The summed E-state index contributed by atoms with van der Waals surface area (Å²) in [5, 5.41) is 0. The number of esters is 2. The molecule has 6 nitrogen and oxygen atoms in total. The van der Waals surface area contributed by atoms with Crippen LogP contribution < -0.4 is 0 Å². The van der Waals surface area contributed by atoms with Crippen LogP contribution in [-0.2, 0) is 28.5 Å². The van der Waals surface area contributed by atoms with Gasteiger partial charge in [-0.25, -0.2) is 0 Å². The van der Waals surface area contributed by atoms with Gasteiger partial charge >= 0.3 is 11.9 Å². The van der Waals surface area contributed by atoms with Crippen molar-refractivity contribution in [3.05, 3.63) is 37.5 Å². The van der Waals surface area contributed by atoms with Crippen molar-refractivity contribution in [2.24, 2.45) is 40.9 Å². The van der Waals surface area contributed by atoms with E-state index < -0.39 is 0 Å². The van der Waals surface area contributed by atoms with Crippen LogP contribution in [0.3, 0.4) is 0 Å². The average molecular weight is 491 g/mol. The smallest absolute Gasteiger partial charge is 0.309 e. The maximum Gasteiger partial charge on any atom is 0.309 e. The minimum Gasteiger partial charge on any atom is -0.463 e. The lowest BCUT2D eigenvalue weighted by molar-refractivity contribution is -0.157. The fourth-order valence-corrected chi connectivity index (χ4v) is 5.07. The van der Waals surface area contributed by atoms with Crippen molar-refractivity contribution in [1.29, 1.82) is 0 Å². The Morgan fingerprint density at radius 2 is 1.57 bits per heavy atom. The molecule has 6 heteroatoms. The first-order valence-corrected chi connectivity index (χ1v) is 12.9. The van der Waals surface area contributed by atoms with Gasteiger partial charge in [0, 0.05) is 7.11 Å². The maximum absolute atomic E-state index is 13.0. The Labute approximate surface area is 212 Å². The summed E-state index contributed by atoms with van der Waals surface area (Å²) in [6.07, 6.45) is 11.1. The third-order valence-electron chi connectivity index (χ3n) is 6.91. The van der Waals surface area contributed by atoms with Gasteiger partial charge in [0.1, 0.15) is 12.7 Å². The van der Waals surface area contributed by atoms with Crippen molar-refractivity contribution in [2.45, 2.75) is 59.5 Å². The molecule has 2 aliphatic carbocycles. The van der Waals surface area contributed by atoms with E-state index in [2.05, 4.69) is 46.1 Å². The Morgan fingerprint density at radius 3 is 2.20 bits per heavy atom. The highest BCUT2D eigenvalue weighted by Crippen LogP contribution is 2.42. The molecule has 0 N–H and O–H groups in total. The summed E-state index contributed by atoms with van der Waals surface area (Å²) in [5.74, 6) is 0.0288. The molecule has 0 heterocycles. The van der Waals surface area contributed by atoms with Gasteiger partial charge in [0.15, 0.2) is 0 Å². The van der Waals surface area contributed by atoms with Crippen molar-refractivity contribution in [3.8, 4) is 0 Å². The monoisotopic (exact) mass is 490 g/mol. The SMILES string of the molecule is C=CC1CC(/C=C\C2CC(C=C)[C@@H](C(=O)OCCOC)C2)[C@@H](C(=O)OC(C)COCC(C)(C)C)C1. The molecule has 0 aromatic carbocycles. The molecule has 2 rings (SSSR count). The summed E-state index contributed by atoms with van der Waals surface area (Å²) < 4.78 is 21.8. The van der Waals surface area contributed by atoms with Crippen LogP contribution in [0.5, 0.6) is 0 Å². The average Bonchev–Trinajstić information content (AvgIpc) is 3.40. The third kappa shape index (κ3) is 9.57. The van der Waals surface area contributed by atoms with E-state index in [4.69, 9.17) is 18.9 Å². The fraction of sp³-hybridized carbons (Fsp3) is 0.724. The molecule has 0 radical (unpaired) electrons. The van der Waals surface area contributed by atoms with E-state index >= 15 is 0 Å². The number of allylic oxidation sites excluding steroid dienone is 4. The molecule has 0 bridgehead atoms. The second-order valence-corrected chi connectivity index (χ2v) is 11.3. The van der Waals surface area contributed by atoms with E-state index in [-0.39, 0.29) is 59.7 Å². The van der Waals surface area contributed by atoms with Gasteiger partial charge in [-0.05, 0) is 61.7 Å². The third-order valence-corrected chi connectivity index (χ3v) is 6.91. The number of ether oxygens (including phenoxy) is 4. The standard InChI is InChI=1S/C29H46O6/c1-8-21-14-24(26(16-21)28(31)35-20(3)18-33-19-29(4,5)6)11-10-22-15-23(9-2)25(17-22)27(30)34-13-12-32-7/h8-11,20-26H,1-2,12-19H2,3-7H3/b11-10-/t20?,21?,22?,23?,24?,25-,26-/m0/s1. The summed E-state index contributed by atoms with van der Waals surface area (Å²) in [6.45, 7) is 17.8. The van der Waals surface area contributed by atoms with Gasteiger partial charge < -0.3 is 18.9 Å². The zero-order valence-electron chi connectivity index (χ0n) is 22.4. The topological polar surface area (TPSA) is 71.1 Å². The van der Waals surface area contributed by atoms with E-state index in [0.29, 0.717) is 25.7 Å². The molecule has 0 aromatic rings. The molecular weight excluding hydrogens is 444 g/mol. The van der Waals surface area contributed by atoms with Crippen LogP contribution in [0.15, 0.2) is 37.5 Å². The fourth-order valence-electron chi connectivity index (χ4n) is 5.07. The van der Waals surface area contributed by atoms with Gasteiger partial charge in [0.05, 0.1) is 31.7 Å². The quantitative estimate of drug-likeness (QED) is 0.196. The number of carbonyl (C=O) groups is 2. The number of rotatable bonds is 13. The highest BCUT2D eigenvalue weighted by atomic mass is 16.6. The van der Waals surface area contributed by atoms with Crippen LogP contribution in [0.1, 0.15) is 53.4 Å². The Hall–Kier alpha value is -1.92. The minimum atomic E-state index is -0.287. The Balaban J connectivity index is 1.94. The predicted octanol–water partition coefficient (Wildman–Crippen LogP) is 5.38. The molecule has 0 amide bonds. The first-order chi connectivity index (χ1) is 16.6. The van der Waals surface area contributed by atoms with Gasteiger partial charge in [0.2, 0.25) is 0 Å². The molecule has 7 atom stereocenters. The lowest BCUT2D eigenvalue weighted by Crippen LogP contribution is -2.28. The second-order valence-electron chi connectivity index (χ2n) is 11.3. The molecule has 2 aliphatic rings. The van der Waals surface area contributed by atoms with E-state index in [1.807, 2.05) is 19.1 Å². The van der Waals surface area contributed by atoms with Crippen LogP contribution >= 0.6 is 0 Å². The number of carbonyl (C=O) groups excluding carboxylic acids is 2. The number of methoxy groups -OCH3 is 1. The Bertz CT molecular complexity index is 736. The van der Waals surface area contributed by atoms with Crippen molar-refractivity contribution in [3.63, 3.8) is 0 Å². The van der Waals surface area contributed by atoms with Crippen molar-refractivity contribution >= 4 is 11.9 Å². The zero-order valence-corrected chi connectivity index (χ0v) is 22.4. The van der Waals surface area contributed by atoms with Crippen LogP contribution in [0.4, 0.5) is 0 Å². The molecular formula is C29H46O6. The summed E-state index contributed by atoms with van der Waals surface area (Å²) in [5.41, 5.74) is 0.0762. The van der Waals surface area contributed by atoms with Crippen LogP contribution in [0.25, 0.3) is 0 Å². The molecule has 198 valence electrons. The predicted molar refractivity (Wildman–Crippen MR) is 138 cm³/mol. The van der Waals surface area contributed by atoms with E-state index in [1.54, 1.807) is 7.11 Å². The lowest BCUT2D eigenvalue weighted by Gasteiger charge is -2.22. The summed E-state index contributed by atoms with van der Waals surface area (Å²) >= 11 is 0. The normalized spacial score (nSPS) is 29.7. The number of hydrogen-bond donors (Lipinski definition) is 0. The summed E-state index contributed by atoms with van der Waals surface area (Å²) in [4.78, 5) is 25.5. The Kier molecular flexibility index (Phi) is 11.7. The van der Waals surface area contributed by atoms with Gasteiger partial charge in [-0.1, -0.05) is 45.1 Å². The molecule has 5 unspecified atom stereocenters. The summed E-state index contributed by atoms with van der Waals surface area (Å²) in [6, 6.07) is 0. The molecule has 2 fully saturated rings. The largest absolute Gasteiger partial charge is 0.463 e. The lowest BCUT2D eigenvalue weighted by atomic mass is 9.93. The second kappa shape index (κ2) is 14.0. The molecule has 0 aromatic heterocycles. The van der Waals surface area contributed by atoms with Crippen molar-refractivity contribution in [1.82, 2.24) is 0 Å². The Morgan fingerprint density at radius 1 is 0.914 bits per heavy atom. The zero-order chi connectivity index (χ0) is 26.0. The summed E-state index contributed by atoms with van der Waals surface area (Å²) in [7, 11) is 1.58. The van der Waals surface area contributed by atoms with Gasteiger partial charge in [0.25, 0.3) is 0 Å². The maximum atomic E-state index is 13.0. The molecule has 0 spiro atoms. The van der Waals surface area contributed by atoms with E-state index in [1.165, 1.54) is 0 Å². The molecule has 0 aliphatic heterocycles. The first kappa shape index (κ1) is 29.3. The number of hydrogen-bond acceptors (Lipinski definition) is 6. The highest BCUT2D eigenvalue weighted by molar-refractivity contribution is 5.74. The van der Waals surface area contributed by atoms with Crippen LogP contribution in [-0.4, -0.2) is 51.6 Å². The van der Waals surface area contributed by atoms with Crippen molar-refractivity contribution in [2.75, 3.05) is 33.5 Å². The van der Waals surface area contributed by atoms with Gasteiger partial charge in [-0.15, -0.1) is 13.2 Å². The van der Waals surface area contributed by atoms with Gasteiger partial charge in [-0.2, -0.15) is 0 Å². The highest BCUT2D eigenvalue weighted by Gasteiger charge is 2.40. The van der Waals surface area contributed by atoms with Crippen molar-refractivity contribution < 1.29 is 28.5 Å².